The van der Waals surface area contributed by atoms with E-state index < -0.39 is 28.0 Å². The maximum Gasteiger partial charge on any atom is 0.359 e. The number of amides is 1. The second kappa shape index (κ2) is 9.88. The van der Waals surface area contributed by atoms with Gasteiger partial charge in [0.1, 0.15) is 10.0 Å². The number of benzene rings is 2. The molecule has 2 aromatic heterocycles. The fourth-order valence-electron chi connectivity index (χ4n) is 3.49. The van der Waals surface area contributed by atoms with Gasteiger partial charge in [0.15, 0.2) is 5.69 Å². The summed E-state index contributed by atoms with van der Waals surface area (Å²) in [7, 11) is 0. The topological polar surface area (TPSA) is 133 Å². The molecule has 1 N–H and O–H groups in total. The molecule has 4 rings (SSSR count). The lowest BCUT2D eigenvalue weighted by molar-refractivity contribution is -0.384. The van der Waals surface area contributed by atoms with Crippen molar-refractivity contribution < 1.29 is 19.2 Å². The lowest BCUT2D eigenvalue weighted by Crippen LogP contribution is -2.25. The van der Waals surface area contributed by atoms with E-state index in [0.717, 1.165) is 33.2 Å². The molecule has 0 radical (unpaired) electrons. The minimum absolute atomic E-state index is 0.0261. The van der Waals surface area contributed by atoms with Crippen LogP contribution < -0.4 is 10.9 Å². The van der Waals surface area contributed by atoms with E-state index >= 15 is 0 Å². The first-order valence-electron chi connectivity index (χ1n) is 10.7. The Morgan fingerprint density at radius 1 is 1.19 bits per heavy atom. The average Bonchev–Trinajstić information content (AvgIpc) is 3.25. The van der Waals surface area contributed by atoms with Crippen molar-refractivity contribution in [2.45, 2.75) is 20.8 Å². The molecule has 1 amide bonds. The molecule has 0 bridgehead atoms. The number of nitrogens with zero attached hydrogens (tertiary/aromatic N) is 3. The van der Waals surface area contributed by atoms with E-state index in [0.29, 0.717) is 5.69 Å². The van der Waals surface area contributed by atoms with Gasteiger partial charge in [-0.3, -0.25) is 19.7 Å². The van der Waals surface area contributed by atoms with Crippen molar-refractivity contribution >= 4 is 56.3 Å². The number of halogens is 1. The molecule has 0 unspecified atom stereocenters. The number of carbonyl (C=O) groups excluding carboxylic acids is 2. The van der Waals surface area contributed by atoms with Crippen LogP contribution in [0.5, 0.6) is 0 Å². The highest BCUT2D eigenvalue weighted by Crippen LogP contribution is 2.32. The Morgan fingerprint density at radius 3 is 2.61 bits per heavy atom. The molecule has 12 heteroatoms. The average molecular weight is 527 g/mol. The van der Waals surface area contributed by atoms with E-state index in [1.807, 2.05) is 19.9 Å². The number of thiophene rings is 1. The summed E-state index contributed by atoms with van der Waals surface area (Å²) in [5, 5.41) is 20.0. The molecule has 0 spiro atoms. The monoisotopic (exact) mass is 526 g/mol. The molecule has 4 aromatic rings. The minimum atomic E-state index is -0.718. The van der Waals surface area contributed by atoms with E-state index in [1.165, 1.54) is 17.5 Å². The smallest absolute Gasteiger partial charge is 0.359 e. The zero-order valence-corrected chi connectivity index (χ0v) is 20.9. The fraction of sp³-hybridized carbons (Fsp3) is 0.167. The summed E-state index contributed by atoms with van der Waals surface area (Å²) in [4.78, 5) is 49.7. The standard InChI is InChI=1S/C24H19ClN4O6S/c1-4-35-24(32)20-16-11-36-22(26-21(30)14-6-8-17(25)18(10-14)29(33)34)19(16)23(31)28(27-20)15-7-5-12(2)13(3)9-15/h5-11H,4H2,1-3H3,(H,26,30). The Hall–Kier alpha value is -4.09. The van der Waals surface area contributed by atoms with Gasteiger partial charge in [0.2, 0.25) is 0 Å². The van der Waals surface area contributed by atoms with Crippen molar-refractivity contribution in [3.63, 3.8) is 0 Å². The van der Waals surface area contributed by atoms with E-state index in [-0.39, 0.29) is 38.7 Å². The maximum atomic E-state index is 13.5. The van der Waals surface area contributed by atoms with Crippen LogP contribution in [0.25, 0.3) is 16.5 Å². The largest absolute Gasteiger partial charge is 0.461 e. The predicted octanol–water partition coefficient (Wildman–Crippen LogP) is 5.05. The highest BCUT2D eigenvalue weighted by Gasteiger charge is 2.24. The van der Waals surface area contributed by atoms with Gasteiger partial charge in [-0.2, -0.15) is 9.78 Å². The van der Waals surface area contributed by atoms with E-state index in [2.05, 4.69) is 10.4 Å². The summed E-state index contributed by atoms with van der Waals surface area (Å²) < 4.78 is 6.23. The maximum absolute atomic E-state index is 13.5. The van der Waals surface area contributed by atoms with Crippen molar-refractivity contribution in [3.05, 3.63) is 89.7 Å². The van der Waals surface area contributed by atoms with Gasteiger partial charge in [0, 0.05) is 22.4 Å². The molecule has 0 aliphatic rings. The molecule has 2 heterocycles. The van der Waals surface area contributed by atoms with Crippen molar-refractivity contribution in [2.24, 2.45) is 0 Å². The number of hydrogen-bond donors (Lipinski definition) is 1. The van der Waals surface area contributed by atoms with Crippen LogP contribution in [-0.4, -0.2) is 33.2 Å². The van der Waals surface area contributed by atoms with Gasteiger partial charge in [-0.05, 0) is 56.2 Å². The van der Waals surface area contributed by atoms with Crippen LogP contribution in [0.4, 0.5) is 10.7 Å². The molecule has 0 fully saturated rings. The number of aromatic nitrogens is 2. The van der Waals surface area contributed by atoms with Crippen LogP contribution >= 0.6 is 22.9 Å². The van der Waals surface area contributed by atoms with E-state index in [1.54, 1.807) is 19.1 Å². The van der Waals surface area contributed by atoms with Crippen LogP contribution in [0.3, 0.4) is 0 Å². The summed E-state index contributed by atoms with van der Waals surface area (Å²) in [6.45, 7) is 5.57. The third-order valence-corrected chi connectivity index (χ3v) is 6.70. The molecule has 36 heavy (non-hydrogen) atoms. The van der Waals surface area contributed by atoms with Crippen molar-refractivity contribution in [1.29, 1.82) is 0 Å². The Balaban J connectivity index is 1.87. The normalized spacial score (nSPS) is 10.9. The zero-order chi connectivity index (χ0) is 26.1. The number of esters is 1. The molecule has 0 aliphatic carbocycles. The second-order valence-electron chi connectivity index (χ2n) is 7.79. The number of ether oxygens (including phenoxy) is 1. The lowest BCUT2D eigenvalue weighted by Gasteiger charge is -2.11. The van der Waals surface area contributed by atoms with Crippen LogP contribution in [0.15, 0.2) is 46.6 Å². The zero-order valence-electron chi connectivity index (χ0n) is 19.3. The predicted molar refractivity (Wildman–Crippen MR) is 137 cm³/mol. The number of nitro groups is 1. The van der Waals surface area contributed by atoms with Crippen LogP contribution in [-0.2, 0) is 4.74 Å². The Labute approximate surface area is 213 Å². The van der Waals surface area contributed by atoms with Gasteiger partial charge in [-0.15, -0.1) is 11.3 Å². The number of rotatable bonds is 6. The number of nitro benzene ring substituents is 1. The number of carbonyl (C=O) groups is 2. The summed E-state index contributed by atoms with van der Waals surface area (Å²) in [5.41, 5.74) is 1.28. The van der Waals surface area contributed by atoms with E-state index in [4.69, 9.17) is 16.3 Å². The highest BCUT2D eigenvalue weighted by molar-refractivity contribution is 7.16. The molecule has 2 aromatic carbocycles. The van der Waals surface area contributed by atoms with Crippen LogP contribution in [0.2, 0.25) is 5.02 Å². The molecular formula is C24H19ClN4O6S. The summed E-state index contributed by atoms with van der Waals surface area (Å²) in [6, 6.07) is 8.93. The first-order valence-corrected chi connectivity index (χ1v) is 11.9. The first-order chi connectivity index (χ1) is 17.1. The first kappa shape index (κ1) is 25.0. The van der Waals surface area contributed by atoms with E-state index in [9.17, 15) is 24.5 Å². The third kappa shape index (κ3) is 4.58. The molecule has 0 saturated carbocycles. The van der Waals surface area contributed by atoms with Gasteiger partial charge in [0.05, 0.1) is 22.6 Å². The number of nitrogens with one attached hydrogen (secondary N) is 1. The number of hydrogen-bond acceptors (Lipinski definition) is 8. The van der Waals surface area contributed by atoms with Gasteiger partial charge >= 0.3 is 5.97 Å². The Morgan fingerprint density at radius 2 is 1.94 bits per heavy atom. The molecule has 0 atom stereocenters. The van der Waals surface area contributed by atoms with Crippen molar-refractivity contribution in [2.75, 3.05) is 11.9 Å². The van der Waals surface area contributed by atoms with Gasteiger partial charge in [0.25, 0.3) is 17.2 Å². The highest BCUT2D eigenvalue weighted by atomic mass is 35.5. The Kier molecular flexibility index (Phi) is 6.86. The third-order valence-electron chi connectivity index (χ3n) is 5.49. The van der Waals surface area contributed by atoms with Crippen molar-refractivity contribution in [1.82, 2.24) is 9.78 Å². The minimum Gasteiger partial charge on any atom is -0.461 e. The van der Waals surface area contributed by atoms with Crippen LogP contribution in [0.1, 0.15) is 38.9 Å². The van der Waals surface area contributed by atoms with Crippen LogP contribution in [0, 0.1) is 24.0 Å². The Bertz CT molecular complexity index is 1610. The lowest BCUT2D eigenvalue weighted by atomic mass is 10.1. The second-order valence-corrected chi connectivity index (χ2v) is 9.07. The molecule has 10 nitrogen and oxygen atoms in total. The summed E-state index contributed by atoms with van der Waals surface area (Å²) in [6.07, 6.45) is 0. The molecule has 0 aliphatic heterocycles. The molecule has 0 saturated heterocycles. The van der Waals surface area contributed by atoms with Crippen molar-refractivity contribution in [3.8, 4) is 5.69 Å². The number of fused-ring (bicyclic) bond motifs is 1. The molecular weight excluding hydrogens is 508 g/mol. The summed E-state index contributed by atoms with van der Waals surface area (Å²) in [5.74, 6) is -1.41. The SMILES string of the molecule is CCOC(=O)c1nn(-c2ccc(C)c(C)c2)c(=O)c2c(NC(=O)c3ccc(Cl)c([N+](=O)[O-])c3)scc12. The quantitative estimate of drug-likeness (QED) is 0.211. The number of aryl methyl sites for hydroxylation is 2. The fourth-order valence-corrected chi connectivity index (χ4v) is 4.61. The molecule has 184 valence electrons. The van der Waals surface area contributed by atoms with Gasteiger partial charge in [-0.1, -0.05) is 17.7 Å². The summed E-state index contributed by atoms with van der Waals surface area (Å²) >= 11 is 6.86. The number of anilines is 1. The van der Waals surface area contributed by atoms with Gasteiger partial charge in [-0.25, -0.2) is 4.79 Å². The van der Waals surface area contributed by atoms with Gasteiger partial charge < -0.3 is 10.1 Å².